The first kappa shape index (κ1) is 33.1. The molecule has 2 heterocycles. The molecule has 36 heavy (non-hydrogen) atoms. The Kier molecular flexibility index (Phi) is 12.6. The van der Waals surface area contributed by atoms with Crippen LogP contribution >= 0.6 is 0 Å². The molecule has 16 nitrogen and oxygen atoms in total. The minimum atomic E-state index is -2.17. The quantitative estimate of drug-likeness (QED) is 0.123. The number of carboxylic acid groups (broad SMARTS) is 2. The molecule has 2 aliphatic rings. The number of carboxylic acids is 2. The number of nitro groups is 1. The summed E-state index contributed by atoms with van der Waals surface area (Å²) < 4.78 is 20.7. The first-order valence-corrected chi connectivity index (χ1v) is 9.62. The van der Waals surface area contributed by atoms with Gasteiger partial charge in [-0.3, -0.25) is 10.1 Å². The predicted molar refractivity (Wildman–Crippen MR) is 96.0 cm³/mol. The maximum atomic E-state index is 11.3. The number of aliphatic carboxylic acids is 2. The second-order valence-corrected chi connectivity index (χ2v) is 7.41. The fourth-order valence-corrected chi connectivity index (χ4v) is 3.36. The van der Waals surface area contributed by atoms with Crippen LogP contribution in [0, 0.1) is 10.1 Å². The average molecular weight is 535 g/mol. The molecule has 18 heteroatoms. The number of aliphatic hydroxyl groups excluding tert-OH is 5. The molecule has 1 aromatic carbocycles. The van der Waals surface area contributed by atoms with E-state index in [1.54, 1.807) is 0 Å². The van der Waals surface area contributed by atoms with Gasteiger partial charge in [-0.15, -0.1) is 0 Å². The number of benzene rings is 1. The van der Waals surface area contributed by atoms with Crippen molar-refractivity contribution in [2.45, 2.75) is 61.4 Å². The average Bonchev–Trinajstić information content (AvgIpc) is 2.78. The van der Waals surface area contributed by atoms with Gasteiger partial charge in [0, 0.05) is 12.1 Å². The zero-order valence-electron chi connectivity index (χ0n) is 18.8. The Hall–Kier alpha value is -0.960. The molecule has 0 aromatic heterocycles. The van der Waals surface area contributed by atoms with Gasteiger partial charge < -0.3 is 64.3 Å². The molecule has 0 radical (unpaired) electrons. The molecule has 0 spiro atoms. The van der Waals surface area contributed by atoms with Crippen LogP contribution in [0.2, 0.25) is 0 Å². The number of hydrogen-bond acceptors (Lipinski definition) is 15. The SMILES string of the molecule is O=C([O-])[C@H]1O[C@@H](O[C@H]2[C@H](Oc3ccc([N+](=O)[O-])cc3)O[C@H](C(=O)[O-])[C@@H](O)[C@@H]2O)[C@H](O)[C@@H](O)[C@@H]1O.[Na+].[Na+]. The Balaban J connectivity index is 0.00000324. The van der Waals surface area contributed by atoms with Crippen LogP contribution in [0.5, 0.6) is 5.75 Å². The monoisotopic (exact) mass is 535 g/mol. The van der Waals surface area contributed by atoms with Gasteiger partial charge >= 0.3 is 59.1 Å². The maximum Gasteiger partial charge on any atom is 1.00 e. The van der Waals surface area contributed by atoms with E-state index in [4.69, 9.17) is 18.9 Å². The third-order valence-corrected chi connectivity index (χ3v) is 5.17. The van der Waals surface area contributed by atoms with Crippen molar-refractivity contribution in [3.63, 3.8) is 0 Å². The van der Waals surface area contributed by atoms with Gasteiger partial charge in [-0.1, -0.05) is 0 Å². The number of carbonyl (C=O) groups excluding carboxylic acids is 2. The van der Waals surface area contributed by atoms with E-state index in [0.717, 1.165) is 24.3 Å². The summed E-state index contributed by atoms with van der Waals surface area (Å²) in [5.74, 6) is -4.05. The van der Waals surface area contributed by atoms with Crippen LogP contribution in [0.25, 0.3) is 0 Å². The molecule has 0 unspecified atom stereocenters. The van der Waals surface area contributed by atoms with Crippen LogP contribution in [0.15, 0.2) is 24.3 Å². The smallest absolute Gasteiger partial charge is 0.547 e. The topological polar surface area (TPSA) is 261 Å². The third-order valence-electron chi connectivity index (χ3n) is 5.17. The van der Waals surface area contributed by atoms with Crippen LogP contribution in [-0.4, -0.2) is 104 Å². The van der Waals surface area contributed by atoms with Crippen molar-refractivity contribution < 1.29 is 128 Å². The van der Waals surface area contributed by atoms with E-state index in [1.807, 2.05) is 0 Å². The number of nitro benzene ring substituents is 1. The standard InChI is InChI=1S/C18H21NO15.2Na/c20-7-8(21)12(15(25)26)32-17(11(7)24)34-14-10(23)9(22)13(16(27)28)33-18(14)31-6-3-1-5(2-4-6)19(29)30;;/h1-4,7-14,17-18,20-24H,(H,25,26)(H,27,28);;/q;2*+1/p-2/t7-,8-,9-,10-,11+,12-,13-,14+,17-,18+;;/m0../s1. The summed E-state index contributed by atoms with van der Waals surface area (Å²) in [4.78, 5) is 32.6. The van der Waals surface area contributed by atoms with E-state index >= 15 is 0 Å². The largest absolute Gasteiger partial charge is 1.00 e. The summed E-state index contributed by atoms with van der Waals surface area (Å²) in [5.41, 5.74) is -0.313. The molecule has 3 rings (SSSR count). The fraction of sp³-hybridized carbons (Fsp3) is 0.556. The Morgan fingerprint density at radius 1 is 0.778 bits per heavy atom. The van der Waals surface area contributed by atoms with Gasteiger partial charge in [0.1, 0.15) is 48.5 Å². The van der Waals surface area contributed by atoms with Gasteiger partial charge in [0.2, 0.25) is 6.29 Å². The zero-order chi connectivity index (χ0) is 25.3. The number of carbonyl (C=O) groups is 2. The number of aliphatic hydroxyl groups is 5. The fourth-order valence-electron chi connectivity index (χ4n) is 3.36. The van der Waals surface area contributed by atoms with Crippen LogP contribution < -0.4 is 74.1 Å². The zero-order valence-corrected chi connectivity index (χ0v) is 22.8. The van der Waals surface area contributed by atoms with Crippen LogP contribution in [0.1, 0.15) is 0 Å². The van der Waals surface area contributed by atoms with Gasteiger partial charge in [0.05, 0.1) is 16.9 Å². The predicted octanol–water partition coefficient (Wildman–Crippen LogP) is -11.9. The molecular formula is C18H19NNa2O15. The summed E-state index contributed by atoms with van der Waals surface area (Å²) in [6, 6.07) is 4.27. The van der Waals surface area contributed by atoms with E-state index in [2.05, 4.69) is 0 Å². The van der Waals surface area contributed by atoms with Gasteiger partial charge in [0.25, 0.3) is 5.69 Å². The van der Waals surface area contributed by atoms with Crippen molar-refractivity contribution in [3.05, 3.63) is 34.4 Å². The summed E-state index contributed by atoms with van der Waals surface area (Å²) >= 11 is 0. The minimum Gasteiger partial charge on any atom is -0.547 e. The molecule has 2 fully saturated rings. The molecule has 0 amide bonds. The van der Waals surface area contributed by atoms with Crippen molar-refractivity contribution in [3.8, 4) is 5.75 Å². The van der Waals surface area contributed by atoms with E-state index in [0.29, 0.717) is 0 Å². The molecular weight excluding hydrogens is 516 g/mol. The number of ether oxygens (including phenoxy) is 4. The molecule has 2 saturated heterocycles. The summed E-state index contributed by atoms with van der Waals surface area (Å²) in [6.45, 7) is 0. The number of non-ortho nitro benzene ring substituents is 1. The maximum absolute atomic E-state index is 11.3. The van der Waals surface area contributed by atoms with E-state index in [9.17, 15) is 55.4 Å². The van der Waals surface area contributed by atoms with Gasteiger partial charge in [-0.2, -0.15) is 0 Å². The van der Waals surface area contributed by atoms with Crippen molar-refractivity contribution in [2.24, 2.45) is 0 Å². The van der Waals surface area contributed by atoms with E-state index < -0.39 is 78.3 Å². The minimum absolute atomic E-state index is 0. The van der Waals surface area contributed by atoms with Crippen molar-refractivity contribution in [1.82, 2.24) is 0 Å². The molecule has 2 aliphatic heterocycles. The molecule has 0 aliphatic carbocycles. The molecule has 10 atom stereocenters. The van der Waals surface area contributed by atoms with Crippen molar-refractivity contribution in [2.75, 3.05) is 0 Å². The van der Waals surface area contributed by atoms with Gasteiger partial charge in [-0.05, 0) is 12.1 Å². The van der Waals surface area contributed by atoms with Crippen molar-refractivity contribution in [1.29, 1.82) is 0 Å². The van der Waals surface area contributed by atoms with Crippen LogP contribution in [0.3, 0.4) is 0 Å². The number of nitrogens with zero attached hydrogens (tertiary/aromatic N) is 1. The van der Waals surface area contributed by atoms with Gasteiger partial charge in [-0.25, -0.2) is 0 Å². The summed E-state index contributed by atoms with van der Waals surface area (Å²) in [6.07, 6.45) is -20.7. The molecule has 188 valence electrons. The summed E-state index contributed by atoms with van der Waals surface area (Å²) in [7, 11) is 0. The first-order chi connectivity index (χ1) is 15.9. The molecule has 0 bridgehead atoms. The molecule has 5 N–H and O–H groups in total. The molecule has 1 aromatic rings. The van der Waals surface area contributed by atoms with Crippen LogP contribution in [0.4, 0.5) is 5.69 Å². The molecule has 0 saturated carbocycles. The Labute approximate surface area is 246 Å². The van der Waals surface area contributed by atoms with Crippen LogP contribution in [-0.2, 0) is 23.8 Å². The number of rotatable bonds is 7. The summed E-state index contributed by atoms with van der Waals surface area (Å²) in [5, 5.41) is 83.5. The number of hydrogen-bond donors (Lipinski definition) is 5. The second-order valence-electron chi connectivity index (χ2n) is 7.41. The Bertz CT molecular complexity index is 920. The normalized spacial score (nSPS) is 36.0. The van der Waals surface area contributed by atoms with E-state index in [1.165, 1.54) is 0 Å². The van der Waals surface area contributed by atoms with E-state index in [-0.39, 0.29) is 70.6 Å². The second kappa shape index (κ2) is 13.7. The van der Waals surface area contributed by atoms with Crippen molar-refractivity contribution >= 4 is 17.6 Å². The Morgan fingerprint density at radius 2 is 1.25 bits per heavy atom. The van der Waals surface area contributed by atoms with Gasteiger partial charge in [0.15, 0.2) is 12.4 Å². The Morgan fingerprint density at radius 3 is 1.72 bits per heavy atom. The third kappa shape index (κ3) is 7.12. The first-order valence-electron chi connectivity index (χ1n) is 9.62.